The molecule has 1 aromatic rings. The summed E-state index contributed by atoms with van der Waals surface area (Å²) in [5.41, 5.74) is 0. The lowest BCUT2D eigenvalue weighted by molar-refractivity contribution is 0.951. The normalized spacial score (nSPS) is 9.86. The molecule has 0 aliphatic heterocycles. The van der Waals surface area contributed by atoms with Crippen molar-refractivity contribution in [1.82, 2.24) is 9.97 Å². The van der Waals surface area contributed by atoms with Gasteiger partial charge in [0, 0.05) is 19.2 Å². The second kappa shape index (κ2) is 6.18. The molecule has 4 heteroatoms. The molecule has 1 heterocycles. The zero-order valence-corrected chi connectivity index (χ0v) is 8.88. The summed E-state index contributed by atoms with van der Waals surface area (Å²) in [6.07, 6.45) is 3.78. The van der Waals surface area contributed by atoms with Crippen LogP contribution in [0.25, 0.3) is 0 Å². The monoisotopic (exact) mass is 194 g/mol. The number of nitrogens with zero attached hydrogens (tertiary/aromatic N) is 2. The average molecular weight is 194 g/mol. The van der Waals surface area contributed by atoms with Crippen molar-refractivity contribution in [3.8, 4) is 0 Å². The largest absolute Gasteiger partial charge is 0.370 e. The van der Waals surface area contributed by atoms with Gasteiger partial charge in [0.15, 0.2) is 0 Å². The van der Waals surface area contributed by atoms with Gasteiger partial charge in [0.2, 0.25) is 0 Å². The minimum Gasteiger partial charge on any atom is -0.370 e. The standard InChI is InChI=1S/C10H18N4/c1-3-5-11-9-7-10(12-6-4-2)14-8-13-9/h7-8H,3-6H2,1-2H3,(H2,11,12,13,14). The topological polar surface area (TPSA) is 49.8 Å². The first-order valence-electron chi connectivity index (χ1n) is 5.16. The molecular formula is C10H18N4. The minimum atomic E-state index is 0.889. The van der Waals surface area contributed by atoms with Gasteiger partial charge in [-0.3, -0.25) is 0 Å². The first-order chi connectivity index (χ1) is 6.86. The van der Waals surface area contributed by atoms with Crippen molar-refractivity contribution in [2.24, 2.45) is 0 Å². The fourth-order valence-corrected chi connectivity index (χ4v) is 1.06. The maximum Gasteiger partial charge on any atom is 0.131 e. The average Bonchev–Trinajstić information content (AvgIpc) is 2.24. The lowest BCUT2D eigenvalue weighted by Gasteiger charge is -2.06. The molecule has 1 rings (SSSR count). The van der Waals surface area contributed by atoms with Gasteiger partial charge in [-0.05, 0) is 12.8 Å². The predicted molar refractivity (Wildman–Crippen MR) is 59.6 cm³/mol. The van der Waals surface area contributed by atoms with Crippen molar-refractivity contribution in [3.05, 3.63) is 12.4 Å². The fourth-order valence-electron chi connectivity index (χ4n) is 1.06. The summed E-state index contributed by atoms with van der Waals surface area (Å²) in [6.45, 7) is 6.16. The van der Waals surface area contributed by atoms with Gasteiger partial charge in [0.25, 0.3) is 0 Å². The zero-order valence-electron chi connectivity index (χ0n) is 8.88. The summed E-state index contributed by atoms with van der Waals surface area (Å²) in [4.78, 5) is 8.25. The van der Waals surface area contributed by atoms with Crippen molar-refractivity contribution < 1.29 is 0 Å². The third-order valence-electron chi connectivity index (χ3n) is 1.78. The maximum absolute atomic E-state index is 4.12. The van der Waals surface area contributed by atoms with Gasteiger partial charge in [-0.15, -0.1) is 0 Å². The molecule has 0 aliphatic rings. The molecule has 78 valence electrons. The molecule has 0 aliphatic carbocycles. The molecule has 0 amide bonds. The van der Waals surface area contributed by atoms with Crippen LogP contribution in [0.2, 0.25) is 0 Å². The first-order valence-corrected chi connectivity index (χ1v) is 5.16. The molecule has 14 heavy (non-hydrogen) atoms. The molecule has 4 nitrogen and oxygen atoms in total. The summed E-state index contributed by atoms with van der Waals surface area (Å²) in [7, 11) is 0. The van der Waals surface area contributed by atoms with Gasteiger partial charge in [0.1, 0.15) is 18.0 Å². The molecule has 0 radical (unpaired) electrons. The molecule has 1 aromatic heterocycles. The fraction of sp³-hybridized carbons (Fsp3) is 0.600. The zero-order chi connectivity index (χ0) is 10.2. The van der Waals surface area contributed by atoms with Crippen LogP contribution in [0.1, 0.15) is 26.7 Å². The van der Waals surface area contributed by atoms with E-state index in [1.807, 2.05) is 6.07 Å². The summed E-state index contributed by atoms with van der Waals surface area (Å²) < 4.78 is 0. The number of rotatable bonds is 6. The Morgan fingerprint density at radius 3 is 1.93 bits per heavy atom. The third-order valence-corrected chi connectivity index (χ3v) is 1.78. The van der Waals surface area contributed by atoms with Crippen LogP contribution in [0.5, 0.6) is 0 Å². The van der Waals surface area contributed by atoms with Gasteiger partial charge in [-0.2, -0.15) is 0 Å². The quantitative estimate of drug-likeness (QED) is 0.728. The van der Waals surface area contributed by atoms with Gasteiger partial charge >= 0.3 is 0 Å². The highest BCUT2D eigenvalue weighted by Crippen LogP contribution is 2.08. The van der Waals surface area contributed by atoms with E-state index in [2.05, 4.69) is 34.4 Å². The minimum absolute atomic E-state index is 0.889. The summed E-state index contributed by atoms with van der Waals surface area (Å²) in [5.74, 6) is 1.78. The summed E-state index contributed by atoms with van der Waals surface area (Å²) >= 11 is 0. The Morgan fingerprint density at radius 2 is 1.50 bits per heavy atom. The molecular weight excluding hydrogens is 176 g/mol. The molecule has 0 unspecified atom stereocenters. The molecule has 2 N–H and O–H groups in total. The van der Waals surface area contributed by atoms with Crippen molar-refractivity contribution in [1.29, 1.82) is 0 Å². The molecule has 0 spiro atoms. The number of hydrogen-bond donors (Lipinski definition) is 2. The number of hydrogen-bond acceptors (Lipinski definition) is 4. The van der Waals surface area contributed by atoms with E-state index in [1.54, 1.807) is 6.33 Å². The van der Waals surface area contributed by atoms with E-state index in [9.17, 15) is 0 Å². The van der Waals surface area contributed by atoms with E-state index in [0.717, 1.165) is 37.6 Å². The Hall–Kier alpha value is -1.32. The molecule has 0 saturated heterocycles. The molecule has 0 saturated carbocycles. The van der Waals surface area contributed by atoms with Crippen molar-refractivity contribution in [2.45, 2.75) is 26.7 Å². The van der Waals surface area contributed by atoms with Gasteiger partial charge in [-0.1, -0.05) is 13.8 Å². The van der Waals surface area contributed by atoms with E-state index in [1.165, 1.54) is 0 Å². The van der Waals surface area contributed by atoms with Crippen molar-refractivity contribution >= 4 is 11.6 Å². The highest BCUT2D eigenvalue weighted by molar-refractivity contribution is 5.46. The molecule has 0 aromatic carbocycles. The van der Waals surface area contributed by atoms with Gasteiger partial charge < -0.3 is 10.6 Å². The molecule has 0 bridgehead atoms. The van der Waals surface area contributed by atoms with E-state index in [-0.39, 0.29) is 0 Å². The SMILES string of the molecule is CCCNc1cc(NCCC)ncn1. The maximum atomic E-state index is 4.12. The van der Waals surface area contributed by atoms with Crippen molar-refractivity contribution in [3.63, 3.8) is 0 Å². The Bertz CT molecular complexity index is 239. The molecule has 0 fully saturated rings. The Kier molecular flexibility index (Phi) is 4.75. The van der Waals surface area contributed by atoms with E-state index in [0.29, 0.717) is 0 Å². The van der Waals surface area contributed by atoms with E-state index >= 15 is 0 Å². The number of aromatic nitrogens is 2. The highest BCUT2D eigenvalue weighted by Gasteiger charge is 1.95. The lowest BCUT2D eigenvalue weighted by atomic mass is 10.4. The van der Waals surface area contributed by atoms with Crippen LogP contribution < -0.4 is 10.6 Å². The number of nitrogens with one attached hydrogen (secondary N) is 2. The Labute approximate surface area is 85.2 Å². The van der Waals surface area contributed by atoms with Crippen LogP contribution in [0.15, 0.2) is 12.4 Å². The third kappa shape index (κ3) is 3.60. The second-order valence-electron chi connectivity index (χ2n) is 3.14. The first kappa shape index (κ1) is 10.8. The van der Waals surface area contributed by atoms with E-state index in [4.69, 9.17) is 0 Å². The van der Waals surface area contributed by atoms with Crippen LogP contribution in [0.3, 0.4) is 0 Å². The van der Waals surface area contributed by atoms with Gasteiger partial charge in [0.05, 0.1) is 0 Å². The second-order valence-corrected chi connectivity index (χ2v) is 3.14. The van der Waals surface area contributed by atoms with Crippen LogP contribution in [0, 0.1) is 0 Å². The Balaban J connectivity index is 2.50. The smallest absolute Gasteiger partial charge is 0.131 e. The predicted octanol–water partition coefficient (Wildman–Crippen LogP) is 2.12. The van der Waals surface area contributed by atoms with Crippen LogP contribution in [-0.4, -0.2) is 23.1 Å². The van der Waals surface area contributed by atoms with Crippen molar-refractivity contribution in [2.75, 3.05) is 23.7 Å². The van der Waals surface area contributed by atoms with E-state index < -0.39 is 0 Å². The molecule has 0 atom stereocenters. The highest BCUT2D eigenvalue weighted by atomic mass is 15.1. The van der Waals surface area contributed by atoms with Gasteiger partial charge in [-0.25, -0.2) is 9.97 Å². The summed E-state index contributed by atoms with van der Waals surface area (Å²) in [6, 6.07) is 1.94. The number of anilines is 2. The van der Waals surface area contributed by atoms with Crippen LogP contribution in [0.4, 0.5) is 11.6 Å². The van der Waals surface area contributed by atoms with Crippen LogP contribution >= 0.6 is 0 Å². The van der Waals surface area contributed by atoms with Crippen LogP contribution in [-0.2, 0) is 0 Å². The lowest BCUT2D eigenvalue weighted by Crippen LogP contribution is -2.05. The summed E-state index contributed by atoms with van der Waals surface area (Å²) in [5, 5.41) is 6.44. The Morgan fingerprint density at radius 1 is 1.00 bits per heavy atom.